The fourth-order valence-corrected chi connectivity index (χ4v) is 0.750. The first-order valence-electron chi connectivity index (χ1n) is 3.90. The molecule has 0 aromatic rings. The zero-order valence-electron chi connectivity index (χ0n) is 8.34. The van der Waals surface area contributed by atoms with Crippen LogP contribution in [0.2, 0.25) is 0 Å². The van der Waals surface area contributed by atoms with Gasteiger partial charge in [0, 0.05) is 0 Å². The summed E-state index contributed by atoms with van der Waals surface area (Å²) in [7, 11) is 0.659. The summed E-state index contributed by atoms with van der Waals surface area (Å²) in [6.45, 7) is 0.477. The number of hydrogen-bond donors (Lipinski definition) is 1. The molecular weight excluding hydrogens is 216 g/mol. The third-order valence-corrected chi connectivity index (χ3v) is 2.10. The lowest BCUT2D eigenvalue weighted by atomic mass is 10.5. The van der Waals surface area contributed by atoms with Gasteiger partial charge >= 0.3 is 0 Å². The van der Waals surface area contributed by atoms with E-state index in [0.29, 0.717) is 11.0 Å². The van der Waals surface area contributed by atoms with Gasteiger partial charge in [0.05, 0.1) is 21.1 Å². The quantitative estimate of drug-likeness (QED) is 0.218. The zero-order chi connectivity index (χ0) is 11.4. The summed E-state index contributed by atoms with van der Waals surface area (Å²) in [4.78, 5) is 14.7. The molecule has 0 aliphatic rings. The van der Waals surface area contributed by atoms with Crippen molar-refractivity contribution in [3.63, 3.8) is 0 Å². The summed E-state index contributed by atoms with van der Waals surface area (Å²) in [5.41, 5.74) is 0. The summed E-state index contributed by atoms with van der Waals surface area (Å²) >= 11 is 0. The molecule has 8 heteroatoms. The van der Waals surface area contributed by atoms with Crippen LogP contribution in [0, 0.1) is 0 Å². The fraction of sp³-hybridized carbons (Fsp3) is 1.00. The molecule has 0 saturated carbocycles. The Morgan fingerprint density at radius 1 is 1.57 bits per heavy atom. The van der Waals surface area contributed by atoms with Crippen LogP contribution in [0.25, 0.3) is 0 Å². The number of rotatable bonds is 6. The molecular formula is C6H15FNO5P. The molecule has 0 saturated heterocycles. The largest absolute Gasteiger partial charge is 0.773 e. The highest BCUT2D eigenvalue weighted by Gasteiger charge is 2.21. The van der Waals surface area contributed by atoms with Gasteiger partial charge in [-0.1, -0.05) is 0 Å². The number of hydrogen-bond acceptors (Lipinski definition) is 5. The van der Waals surface area contributed by atoms with E-state index >= 15 is 0 Å². The smallest absolute Gasteiger partial charge is 0.263 e. The summed E-state index contributed by atoms with van der Waals surface area (Å²) in [5, 5.41) is 8.09. The minimum atomic E-state index is -4.94. The second-order valence-electron chi connectivity index (χ2n) is 3.76. The van der Waals surface area contributed by atoms with Gasteiger partial charge in [0.25, 0.3) is 6.10 Å². The van der Waals surface area contributed by atoms with Crippen molar-refractivity contribution in [2.45, 2.75) is 6.10 Å². The lowest BCUT2D eigenvalue weighted by molar-refractivity contribution is -0.871. The van der Waals surface area contributed by atoms with Crippen molar-refractivity contribution >= 4 is 7.60 Å². The molecule has 0 fully saturated rings. The summed E-state index contributed by atoms with van der Waals surface area (Å²) in [5.74, 6) is 0. The summed E-state index contributed by atoms with van der Waals surface area (Å²) < 4.78 is 26.7. The van der Waals surface area contributed by atoms with Crippen molar-refractivity contribution < 1.29 is 33.0 Å². The zero-order valence-corrected chi connectivity index (χ0v) is 9.24. The van der Waals surface area contributed by atoms with E-state index in [9.17, 15) is 13.8 Å². The monoisotopic (exact) mass is 231 g/mol. The first-order valence-corrected chi connectivity index (χ1v) is 5.51. The van der Waals surface area contributed by atoms with Gasteiger partial charge in [-0.25, -0.2) is 9.28 Å². The molecule has 0 spiro atoms. The van der Waals surface area contributed by atoms with Crippen LogP contribution in [0.4, 0.5) is 4.39 Å². The Bertz CT molecular complexity index is 217. The van der Waals surface area contributed by atoms with Crippen molar-refractivity contribution in [3.05, 3.63) is 0 Å². The number of alkyl halides is 1. The van der Waals surface area contributed by atoms with Gasteiger partial charge in [0.1, 0.15) is 13.2 Å². The highest BCUT2D eigenvalue weighted by Crippen LogP contribution is 2.42. The van der Waals surface area contributed by atoms with Crippen molar-refractivity contribution in [3.8, 4) is 0 Å². The molecule has 0 heterocycles. The number of likely N-dealkylation sites (N-methyl/N-ethyl adjacent to an activating group) is 1. The van der Waals surface area contributed by atoms with Crippen molar-refractivity contribution in [2.24, 2.45) is 0 Å². The highest BCUT2D eigenvalue weighted by molar-refractivity contribution is 7.51. The average molecular weight is 231 g/mol. The van der Waals surface area contributed by atoms with Gasteiger partial charge < -0.3 is 19.0 Å². The molecule has 2 unspecified atom stereocenters. The molecule has 86 valence electrons. The van der Waals surface area contributed by atoms with Crippen molar-refractivity contribution in [2.75, 3.05) is 34.3 Å². The highest BCUT2D eigenvalue weighted by atomic mass is 31.2. The standard InChI is InChI=1S/C6H15FNO5P/c1-8(2,3)4-5-12-13-14(10,11)6(7)9/h6,9H,4-5H2,1-3H3. The number of halogens is 1. The molecule has 0 aliphatic carbocycles. The van der Waals surface area contributed by atoms with Gasteiger partial charge in [-0.2, -0.15) is 4.67 Å². The molecule has 2 atom stereocenters. The van der Waals surface area contributed by atoms with E-state index in [0.717, 1.165) is 0 Å². The third kappa shape index (κ3) is 6.42. The molecule has 14 heavy (non-hydrogen) atoms. The molecule has 0 bridgehead atoms. The molecule has 0 aromatic heterocycles. The summed E-state index contributed by atoms with van der Waals surface area (Å²) in [6, 6.07) is 0. The van der Waals surface area contributed by atoms with Gasteiger partial charge in [0.2, 0.25) is 7.60 Å². The third-order valence-electron chi connectivity index (χ3n) is 1.26. The van der Waals surface area contributed by atoms with E-state index in [1.807, 2.05) is 21.1 Å². The molecule has 0 aromatic carbocycles. The lowest BCUT2D eigenvalue weighted by Crippen LogP contribution is -2.37. The van der Waals surface area contributed by atoms with Crippen LogP contribution < -0.4 is 4.89 Å². The van der Waals surface area contributed by atoms with Gasteiger partial charge in [-0.3, -0.25) is 0 Å². The van der Waals surface area contributed by atoms with E-state index in [2.05, 4.69) is 9.56 Å². The summed E-state index contributed by atoms with van der Waals surface area (Å²) in [6.07, 6.45) is -3.05. The van der Waals surface area contributed by atoms with Crippen molar-refractivity contribution in [1.29, 1.82) is 0 Å². The van der Waals surface area contributed by atoms with Gasteiger partial charge in [-0.05, 0) is 0 Å². The first kappa shape index (κ1) is 14.0. The predicted molar refractivity (Wildman–Crippen MR) is 44.7 cm³/mol. The Morgan fingerprint density at radius 2 is 2.07 bits per heavy atom. The molecule has 0 rings (SSSR count). The first-order chi connectivity index (χ1) is 6.15. The number of aliphatic hydroxyl groups is 1. The van der Waals surface area contributed by atoms with E-state index in [1.54, 1.807) is 0 Å². The second kappa shape index (κ2) is 5.16. The lowest BCUT2D eigenvalue weighted by Gasteiger charge is -2.25. The Morgan fingerprint density at radius 3 is 2.43 bits per heavy atom. The van der Waals surface area contributed by atoms with E-state index in [-0.39, 0.29) is 6.61 Å². The Hall–Kier alpha value is -0.0400. The van der Waals surface area contributed by atoms with Crippen LogP contribution in [0.15, 0.2) is 0 Å². The Kier molecular flexibility index (Phi) is 5.14. The Balaban J connectivity index is 3.71. The minimum Gasteiger partial charge on any atom is -0.773 e. The number of aliphatic hydroxyl groups excluding tert-OH is 1. The van der Waals surface area contributed by atoms with Crippen molar-refractivity contribution in [1.82, 2.24) is 0 Å². The number of nitrogens with zero attached hydrogens (tertiary/aromatic N) is 1. The fourth-order valence-electron chi connectivity index (χ4n) is 0.457. The maximum Gasteiger partial charge on any atom is 0.263 e. The SMILES string of the molecule is C[N+](C)(C)CCOOP(=O)([O-])C(O)F. The molecule has 1 N–H and O–H groups in total. The molecule has 6 nitrogen and oxygen atoms in total. The van der Waals surface area contributed by atoms with Crippen LogP contribution in [0.1, 0.15) is 0 Å². The van der Waals surface area contributed by atoms with Gasteiger partial charge in [0.15, 0.2) is 0 Å². The number of quaternary nitrogens is 1. The maximum absolute atomic E-state index is 11.9. The molecule has 0 aliphatic heterocycles. The average Bonchev–Trinajstić information content (AvgIpc) is 1.96. The van der Waals surface area contributed by atoms with E-state index in [4.69, 9.17) is 5.11 Å². The van der Waals surface area contributed by atoms with Crippen LogP contribution in [0.3, 0.4) is 0 Å². The van der Waals surface area contributed by atoms with Crippen LogP contribution in [-0.2, 0) is 14.1 Å². The second-order valence-corrected chi connectivity index (χ2v) is 5.42. The Labute approximate surface area is 81.9 Å². The van der Waals surface area contributed by atoms with E-state index in [1.165, 1.54) is 0 Å². The van der Waals surface area contributed by atoms with E-state index < -0.39 is 13.7 Å². The normalized spacial score (nSPS) is 19.0. The molecule has 0 radical (unpaired) electrons. The maximum atomic E-state index is 11.9. The topological polar surface area (TPSA) is 78.8 Å². The van der Waals surface area contributed by atoms with Crippen LogP contribution in [0.5, 0.6) is 0 Å². The molecule has 0 amide bonds. The van der Waals surface area contributed by atoms with Crippen LogP contribution in [-0.4, -0.2) is 50.0 Å². The predicted octanol–water partition coefficient (Wildman–Crippen LogP) is -0.560. The van der Waals surface area contributed by atoms with Crippen LogP contribution >= 0.6 is 7.60 Å². The minimum absolute atomic E-state index is 0.0115. The van der Waals surface area contributed by atoms with Gasteiger partial charge in [-0.15, -0.1) is 0 Å².